The molecule has 12 nitrogen and oxygen atoms in total. The van der Waals surface area contributed by atoms with E-state index in [0.29, 0.717) is 28.3 Å². The van der Waals surface area contributed by atoms with Gasteiger partial charge in [-0.25, -0.2) is 4.98 Å². The van der Waals surface area contributed by atoms with E-state index in [1.54, 1.807) is 46.4 Å². The number of methoxy groups -OCH3 is 1. The fourth-order valence-electron chi connectivity index (χ4n) is 6.57. The molecule has 0 saturated heterocycles. The molecule has 1 aromatic carbocycles. The first-order valence-electron chi connectivity index (χ1n) is 13.0. The first-order valence-corrected chi connectivity index (χ1v) is 13.0. The van der Waals surface area contributed by atoms with Crippen molar-refractivity contribution in [3.63, 3.8) is 0 Å². The normalized spacial score (nSPS) is 25.6. The second-order valence-corrected chi connectivity index (χ2v) is 11.1. The summed E-state index contributed by atoms with van der Waals surface area (Å²) < 4.78 is 5.12. The highest BCUT2D eigenvalue weighted by atomic mass is 16.5. The van der Waals surface area contributed by atoms with Crippen molar-refractivity contribution in [2.45, 2.75) is 24.5 Å². The molecule has 0 spiro atoms. The van der Waals surface area contributed by atoms with Crippen LogP contribution < -0.4 is 15.4 Å². The number of ether oxygens (including phenoxy) is 1. The Hall–Kier alpha value is -4.42. The van der Waals surface area contributed by atoms with E-state index in [1.807, 2.05) is 4.90 Å². The molecular formula is C29H32N4O8. The highest BCUT2D eigenvalue weighted by molar-refractivity contribution is 6.24. The third kappa shape index (κ3) is 3.89. The lowest BCUT2D eigenvalue weighted by atomic mass is 9.57. The molecule has 1 heterocycles. The van der Waals surface area contributed by atoms with Crippen molar-refractivity contribution in [1.29, 1.82) is 0 Å². The number of nitrogens with zero attached hydrogens (tertiary/aromatic N) is 3. The standard InChI is InChI=1S/C29H32N4O8/c1-32(2)17-10-14(12-6-7-18(41-5)31-11-12)23(34)20-15(17)8-13-9-16-22(33(3)4)25(36)21(28(30)39)27(38)29(16,40)26(37)19(13)24(20)35/h6-7,10-11,13,16,22,34-35,38,40H,8-9H2,1-5H3,(H2,30,39). The summed E-state index contributed by atoms with van der Waals surface area (Å²) in [7, 11) is 8.21. The van der Waals surface area contributed by atoms with Crippen LogP contribution in [0.2, 0.25) is 0 Å². The number of likely N-dealkylation sites (N-methyl/N-ethyl adjacent to an activating group) is 1. The number of hydrogen-bond donors (Lipinski definition) is 5. The van der Waals surface area contributed by atoms with E-state index in [9.17, 15) is 34.8 Å². The molecule has 0 aliphatic heterocycles. The average Bonchev–Trinajstić information content (AvgIpc) is 2.90. The third-order valence-corrected chi connectivity index (χ3v) is 8.44. The fourth-order valence-corrected chi connectivity index (χ4v) is 6.57. The van der Waals surface area contributed by atoms with E-state index in [4.69, 9.17) is 10.5 Å². The lowest BCUT2D eigenvalue weighted by Crippen LogP contribution is -2.65. The first kappa shape index (κ1) is 28.1. The molecule has 1 saturated carbocycles. The van der Waals surface area contributed by atoms with E-state index >= 15 is 0 Å². The van der Waals surface area contributed by atoms with Gasteiger partial charge in [0.05, 0.1) is 18.7 Å². The maximum atomic E-state index is 14.1. The molecule has 0 radical (unpaired) electrons. The zero-order valence-electron chi connectivity index (χ0n) is 23.3. The summed E-state index contributed by atoms with van der Waals surface area (Å²) in [6.45, 7) is 0. The van der Waals surface area contributed by atoms with Gasteiger partial charge in [-0.3, -0.25) is 19.3 Å². The second-order valence-electron chi connectivity index (χ2n) is 11.1. The zero-order valence-corrected chi connectivity index (χ0v) is 23.3. The largest absolute Gasteiger partial charge is 0.508 e. The van der Waals surface area contributed by atoms with Gasteiger partial charge in [0, 0.05) is 54.7 Å². The average molecular weight is 565 g/mol. The fraction of sp³-hybridized carbons (Fsp3) is 0.379. The summed E-state index contributed by atoms with van der Waals surface area (Å²) in [5, 5.41) is 45.9. The summed E-state index contributed by atoms with van der Waals surface area (Å²) in [5.41, 5.74) is 3.75. The van der Waals surface area contributed by atoms with E-state index < -0.39 is 58.0 Å². The van der Waals surface area contributed by atoms with Crippen LogP contribution in [0, 0.1) is 11.8 Å². The number of nitrogens with two attached hydrogens (primary N) is 1. The molecule has 2 aromatic rings. The van der Waals surface area contributed by atoms with E-state index in [1.165, 1.54) is 18.2 Å². The third-order valence-electron chi connectivity index (χ3n) is 8.44. The number of phenols is 1. The molecule has 216 valence electrons. The molecule has 5 rings (SSSR count). The highest BCUT2D eigenvalue weighted by Gasteiger charge is 2.64. The number of hydrogen-bond acceptors (Lipinski definition) is 11. The smallest absolute Gasteiger partial charge is 0.255 e. The van der Waals surface area contributed by atoms with Crippen LogP contribution in [0.4, 0.5) is 5.69 Å². The number of carbonyl (C=O) groups excluding carboxylic acids is 3. The van der Waals surface area contributed by atoms with Crippen molar-refractivity contribution in [3.05, 3.63) is 52.4 Å². The van der Waals surface area contributed by atoms with Crippen LogP contribution in [0.25, 0.3) is 16.9 Å². The van der Waals surface area contributed by atoms with Gasteiger partial charge in [0.2, 0.25) is 11.7 Å². The number of pyridine rings is 1. The van der Waals surface area contributed by atoms with E-state index in [0.717, 1.165) is 0 Å². The summed E-state index contributed by atoms with van der Waals surface area (Å²) in [5.74, 6) is -6.53. The van der Waals surface area contributed by atoms with Crippen LogP contribution in [0.5, 0.6) is 11.6 Å². The first-order chi connectivity index (χ1) is 19.2. The van der Waals surface area contributed by atoms with Crippen molar-refractivity contribution < 1.29 is 39.5 Å². The molecule has 41 heavy (non-hydrogen) atoms. The number of rotatable bonds is 5. The molecule has 1 fully saturated rings. The molecular weight excluding hydrogens is 532 g/mol. The molecule has 4 atom stereocenters. The number of fused-ring (bicyclic) bond motifs is 3. The van der Waals surface area contributed by atoms with Crippen molar-refractivity contribution in [2.24, 2.45) is 17.6 Å². The Balaban J connectivity index is 1.76. The Morgan fingerprint density at radius 1 is 1.15 bits per heavy atom. The Kier molecular flexibility index (Phi) is 6.58. The number of primary amides is 1. The van der Waals surface area contributed by atoms with Crippen LogP contribution in [0.15, 0.2) is 41.3 Å². The van der Waals surface area contributed by atoms with Gasteiger partial charge in [0.25, 0.3) is 5.91 Å². The van der Waals surface area contributed by atoms with Crippen LogP contribution in [-0.4, -0.2) is 94.7 Å². The number of aromatic nitrogens is 1. The molecule has 4 unspecified atom stereocenters. The molecule has 12 heteroatoms. The predicted molar refractivity (Wildman–Crippen MR) is 148 cm³/mol. The summed E-state index contributed by atoms with van der Waals surface area (Å²) in [6, 6.07) is 3.93. The van der Waals surface area contributed by atoms with Gasteiger partial charge in [-0.1, -0.05) is 0 Å². The van der Waals surface area contributed by atoms with Crippen molar-refractivity contribution in [2.75, 3.05) is 40.2 Å². The number of phenolic OH excluding ortho intramolecular Hbond substituents is 1. The van der Waals surface area contributed by atoms with E-state index in [2.05, 4.69) is 4.98 Å². The molecule has 1 aromatic heterocycles. The summed E-state index contributed by atoms with van der Waals surface area (Å²) >= 11 is 0. The van der Waals surface area contributed by atoms with E-state index in [-0.39, 0.29) is 29.7 Å². The number of Topliss-reactive ketones (excluding diaryl/α,β-unsaturated/α-hetero) is 2. The lowest BCUT2D eigenvalue weighted by molar-refractivity contribution is -0.153. The monoisotopic (exact) mass is 564 g/mol. The highest BCUT2D eigenvalue weighted by Crippen LogP contribution is 2.54. The Morgan fingerprint density at radius 2 is 1.83 bits per heavy atom. The van der Waals surface area contributed by atoms with Gasteiger partial charge in [-0.15, -0.1) is 0 Å². The summed E-state index contributed by atoms with van der Waals surface area (Å²) in [6.07, 6.45) is 1.71. The number of amides is 1. The van der Waals surface area contributed by atoms with Crippen molar-refractivity contribution in [1.82, 2.24) is 9.88 Å². The van der Waals surface area contributed by atoms with Gasteiger partial charge in [-0.05, 0) is 50.6 Å². The number of anilines is 1. The van der Waals surface area contributed by atoms with Crippen LogP contribution >= 0.6 is 0 Å². The summed E-state index contributed by atoms with van der Waals surface area (Å²) in [4.78, 5) is 47.0. The van der Waals surface area contributed by atoms with Gasteiger partial charge in [0.15, 0.2) is 11.4 Å². The number of aromatic hydroxyl groups is 1. The van der Waals surface area contributed by atoms with Crippen LogP contribution in [0.1, 0.15) is 17.5 Å². The van der Waals surface area contributed by atoms with Gasteiger partial charge >= 0.3 is 0 Å². The minimum absolute atomic E-state index is 0.0123. The number of benzene rings is 1. The minimum Gasteiger partial charge on any atom is -0.508 e. The maximum absolute atomic E-state index is 14.1. The Morgan fingerprint density at radius 3 is 2.37 bits per heavy atom. The molecule has 3 aliphatic carbocycles. The topological polar surface area (TPSA) is 187 Å². The molecule has 3 aliphatic rings. The maximum Gasteiger partial charge on any atom is 0.255 e. The number of aliphatic hydroxyl groups is 3. The van der Waals surface area contributed by atoms with Crippen molar-refractivity contribution in [3.8, 4) is 22.8 Å². The molecule has 6 N–H and O–H groups in total. The predicted octanol–water partition coefficient (Wildman–Crippen LogP) is 1.10. The minimum atomic E-state index is -2.69. The molecule has 1 amide bonds. The lowest BCUT2D eigenvalue weighted by Gasteiger charge is -2.50. The second kappa shape index (κ2) is 9.60. The van der Waals surface area contributed by atoms with Crippen LogP contribution in [0.3, 0.4) is 0 Å². The van der Waals surface area contributed by atoms with Crippen molar-refractivity contribution >= 4 is 28.9 Å². The SMILES string of the molecule is COc1ccc(-c2cc(N(C)C)c3c(c2O)C(O)=C2C(=O)C4(O)C(O)=C(C(N)=O)C(=O)C(N(C)C)C4CC2C3)cn1. The number of aliphatic hydroxyl groups excluding tert-OH is 2. The zero-order chi connectivity index (χ0) is 30.1. The van der Waals surface area contributed by atoms with Gasteiger partial charge in [0.1, 0.15) is 22.8 Å². The Labute approximate surface area is 236 Å². The number of carbonyl (C=O) groups is 3. The van der Waals surface area contributed by atoms with Gasteiger partial charge in [-0.2, -0.15) is 0 Å². The Bertz CT molecular complexity index is 1560. The molecule has 0 bridgehead atoms. The van der Waals surface area contributed by atoms with Crippen LogP contribution in [-0.2, 0) is 20.8 Å². The van der Waals surface area contributed by atoms with Gasteiger partial charge < -0.3 is 35.8 Å². The number of ketones is 2. The quantitative estimate of drug-likeness (QED) is 0.327.